The van der Waals surface area contributed by atoms with Crippen molar-refractivity contribution < 1.29 is 13.2 Å². The molecule has 112 valence electrons. The topological polar surface area (TPSA) is 46.6 Å². The van der Waals surface area contributed by atoms with E-state index in [0.29, 0.717) is 12.5 Å². The largest absolute Gasteiger partial charge is 0.368 e. The molecule has 4 nitrogen and oxygen atoms in total. The lowest BCUT2D eigenvalue weighted by molar-refractivity contribution is -0.0600. The van der Waals surface area contributed by atoms with Crippen LogP contribution >= 0.6 is 11.3 Å². The van der Waals surface area contributed by atoms with Crippen LogP contribution in [0, 0.1) is 0 Å². The molecule has 1 aromatic rings. The van der Waals surface area contributed by atoms with Crippen LogP contribution in [0.3, 0.4) is 0 Å². The second-order valence-corrected chi connectivity index (χ2v) is 8.87. The molecule has 1 aliphatic heterocycles. The molecular weight excluding hydrogens is 294 g/mol. The maximum atomic E-state index is 11.6. The standard InChI is InChI=1S/C14H21NO3S2/c1-15(20(2,16)17)9-13-11-7-8-19-14(11)10-5-3-4-6-12(10)18-13/h7-8,10,12-13H,3-6,9H2,1-2H3/t10-,12+,13+/m1/s1. The SMILES string of the molecule is CN(C[C@@H]1O[C@H]2CCCC[C@H]2c2sccc21)S(C)(=O)=O. The number of sulfonamides is 1. The molecule has 1 aliphatic carbocycles. The van der Waals surface area contributed by atoms with Crippen molar-refractivity contribution in [3.05, 3.63) is 21.9 Å². The van der Waals surface area contributed by atoms with Crippen molar-refractivity contribution in [3.63, 3.8) is 0 Å². The Kier molecular flexibility index (Phi) is 3.92. The smallest absolute Gasteiger partial charge is 0.211 e. The molecule has 0 saturated heterocycles. The van der Waals surface area contributed by atoms with Crippen LogP contribution in [0.2, 0.25) is 0 Å². The van der Waals surface area contributed by atoms with Crippen LogP contribution in [0.15, 0.2) is 11.4 Å². The number of thiophene rings is 1. The van der Waals surface area contributed by atoms with Gasteiger partial charge in [-0.05, 0) is 29.9 Å². The highest BCUT2D eigenvalue weighted by Gasteiger charge is 2.38. The highest BCUT2D eigenvalue weighted by molar-refractivity contribution is 7.88. The molecular formula is C14H21NO3S2. The normalized spacial score (nSPS) is 30.1. The van der Waals surface area contributed by atoms with E-state index in [-0.39, 0.29) is 12.2 Å². The number of fused-ring (bicyclic) bond motifs is 3. The molecule has 1 aromatic heterocycles. The van der Waals surface area contributed by atoms with Gasteiger partial charge in [0.15, 0.2) is 0 Å². The first kappa shape index (κ1) is 14.5. The van der Waals surface area contributed by atoms with Crippen LogP contribution in [-0.4, -0.2) is 38.7 Å². The van der Waals surface area contributed by atoms with Gasteiger partial charge in [0.05, 0.1) is 18.5 Å². The van der Waals surface area contributed by atoms with Crippen molar-refractivity contribution in [1.29, 1.82) is 0 Å². The lowest BCUT2D eigenvalue weighted by Crippen LogP contribution is -2.38. The average molecular weight is 315 g/mol. The Morgan fingerprint density at radius 2 is 2.15 bits per heavy atom. The Morgan fingerprint density at radius 1 is 1.40 bits per heavy atom. The zero-order valence-corrected chi connectivity index (χ0v) is 13.5. The van der Waals surface area contributed by atoms with E-state index >= 15 is 0 Å². The van der Waals surface area contributed by atoms with Gasteiger partial charge in [-0.3, -0.25) is 0 Å². The molecule has 2 heterocycles. The van der Waals surface area contributed by atoms with Gasteiger partial charge in [0, 0.05) is 24.4 Å². The van der Waals surface area contributed by atoms with E-state index in [4.69, 9.17) is 4.74 Å². The molecule has 2 aliphatic rings. The van der Waals surface area contributed by atoms with Gasteiger partial charge in [-0.1, -0.05) is 12.8 Å². The molecule has 0 radical (unpaired) electrons. The molecule has 1 fully saturated rings. The van der Waals surface area contributed by atoms with Crippen LogP contribution in [-0.2, 0) is 14.8 Å². The van der Waals surface area contributed by atoms with Gasteiger partial charge in [0.2, 0.25) is 10.0 Å². The summed E-state index contributed by atoms with van der Waals surface area (Å²) in [4.78, 5) is 1.42. The van der Waals surface area contributed by atoms with Gasteiger partial charge in [0.25, 0.3) is 0 Å². The summed E-state index contributed by atoms with van der Waals surface area (Å²) in [7, 11) is -1.54. The summed E-state index contributed by atoms with van der Waals surface area (Å²) in [5.41, 5.74) is 1.20. The molecule has 6 heteroatoms. The van der Waals surface area contributed by atoms with E-state index in [0.717, 1.165) is 6.42 Å². The summed E-state index contributed by atoms with van der Waals surface area (Å²) in [6, 6.07) is 2.10. The molecule has 0 bridgehead atoms. The zero-order chi connectivity index (χ0) is 14.3. The molecule has 0 spiro atoms. The molecule has 3 rings (SSSR count). The summed E-state index contributed by atoms with van der Waals surface area (Å²) < 4.78 is 30.9. The summed E-state index contributed by atoms with van der Waals surface area (Å²) in [5.74, 6) is 0.526. The third kappa shape index (κ3) is 2.66. The minimum atomic E-state index is -3.16. The lowest BCUT2D eigenvalue weighted by Gasteiger charge is -2.40. The summed E-state index contributed by atoms with van der Waals surface area (Å²) in [5, 5.41) is 2.11. The quantitative estimate of drug-likeness (QED) is 0.861. The fraction of sp³-hybridized carbons (Fsp3) is 0.714. The van der Waals surface area contributed by atoms with Crippen molar-refractivity contribution in [2.24, 2.45) is 0 Å². The van der Waals surface area contributed by atoms with Crippen molar-refractivity contribution >= 4 is 21.4 Å². The Morgan fingerprint density at radius 3 is 2.90 bits per heavy atom. The fourth-order valence-electron chi connectivity index (χ4n) is 3.25. The fourth-order valence-corrected chi connectivity index (χ4v) is 4.80. The molecule has 0 aromatic carbocycles. The number of likely N-dealkylation sites (N-methyl/N-ethyl adjacent to an activating group) is 1. The summed E-state index contributed by atoms with van der Waals surface area (Å²) in [6.45, 7) is 0.409. The second kappa shape index (κ2) is 5.40. The third-order valence-corrected chi connectivity index (χ3v) is 6.79. The number of hydrogen-bond acceptors (Lipinski definition) is 4. The molecule has 20 heavy (non-hydrogen) atoms. The number of ether oxygens (including phenoxy) is 1. The predicted molar refractivity (Wildman–Crippen MR) is 80.6 cm³/mol. The van der Waals surface area contributed by atoms with Crippen LogP contribution in [0.25, 0.3) is 0 Å². The van der Waals surface area contributed by atoms with Gasteiger partial charge in [-0.15, -0.1) is 11.3 Å². The van der Waals surface area contributed by atoms with E-state index in [1.165, 1.54) is 40.3 Å². The second-order valence-electron chi connectivity index (χ2n) is 5.84. The van der Waals surface area contributed by atoms with Gasteiger partial charge >= 0.3 is 0 Å². The lowest BCUT2D eigenvalue weighted by atomic mass is 9.81. The minimum absolute atomic E-state index is 0.115. The highest BCUT2D eigenvalue weighted by Crippen LogP contribution is 2.47. The third-order valence-electron chi connectivity index (χ3n) is 4.44. The maximum Gasteiger partial charge on any atom is 0.211 e. The van der Waals surface area contributed by atoms with E-state index < -0.39 is 10.0 Å². The Hall–Kier alpha value is -0.430. The summed E-state index contributed by atoms with van der Waals surface area (Å²) in [6.07, 6.45) is 6.19. The van der Waals surface area contributed by atoms with E-state index in [2.05, 4.69) is 11.4 Å². The molecule has 0 N–H and O–H groups in total. The maximum absolute atomic E-state index is 11.6. The van der Waals surface area contributed by atoms with Crippen molar-refractivity contribution in [1.82, 2.24) is 4.31 Å². The van der Waals surface area contributed by atoms with Gasteiger partial charge in [0.1, 0.15) is 0 Å². The van der Waals surface area contributed by atoms with Crippen LogP contribution in [0.1, 0.15) is 48.1 Å². The van der Waals surface area contributed by atoms with Crippen molar-refractivity contribution in [3.8, 4) is 0 Å². The molecule has 0 unspecified atom stereocenters. The van der Waals surface area contributed by atoms with Crippen molar-refractivity contribution in [2.75, 3.05) is 19.8 Å². The minimum Gasteiger partial charge on any atom is -0.368 e. The van der Waals surface area contributed by atoms with Crippen LogP contribution < -0.4 is 0 Å². The van der Waals surface area contributed by atoms with Crippen molar-refractivity contribution in [2.45, 2.75) is 43.8 Å². The Bertz CT molecular complexity index is 581. The molecule has 0 amide bonds. The first-order chi connectivity index (χ1) is 9.47. The number of nitrogens with zero attached hydrogens (tertiary/aromatic N) is 1. The van der Waals surface area contributed by atoms with E-state index in [9.17, 15) is 8.42 Å². The number of hydrogen-bond donors (Lipinski definition) is 0. The van der Waals surface area contributed by atoms with Gasteiger partial charge in [-0.25, -0.2) is 12.7 Å². The van der Waals surface area contributed by atoms with Gasteiger partial charge < -0.3 is 4.74 Å². The monoisotopic (exact) mass is 315 g/mol. The predicted octanol–water partition coefficient (Wildman–Crippen LogP) is 2.74. The Labute approximate surface area is 124 Å². The average Bonchev–Trinajstić information content (AvgIpc) is 2.87. The Balaban J connectivity index is 1.86. The zero-order valence-electron chi connectivity index (χ0n) is 11.9. The van der Waals surface area contributed by atoms with Crippen LogP contribution in [0.5, 0.6) is 0 Å². The first-order valence-electron chi connectivity index (χ1n) is 7.11. The van der Waals surface area contributed by atoms with E-state index in [1.54, 1.807) is 18.4 Å². The van der Waals surface area contributed by atoms with Gasteiger partial charge in [-0.2, -0.15) is 0 Å². The summed E-state index contributed by atoms with van der Waals surface area (Å²) >= 11 is 1.80. The molecule has 3 atom stereocenters. The van der Waals surface area contributed by atoms with E-state index in [1.807, 2.05) is 0 Å². The molecule has 1 saturated carbocycles. The highest BCUT2D eigenvalue weighted by atomic mass is 32.2. The number of rotatable bonds is 3. The first-order valence-corrected chi connectivity index (χ1v) is 9.83. The van der Waals surface area contributed by atoms with Crippen LogP contribution in [0.4, 0.5) is 0 Å².